The molecule has 1 saturated heterocycles. The van der Waals surface area contributed by atoms with Crippen LogP contribution in [0.3, 0.4) is 0 Å². The number of nitrogens with zero attached hydrogens (tertiary/aromatic N) is 1. The van der Waals surface area contributed by atoms with E-state index in [4.69, 9.17) is 0 Å². The summed E-state index contributed by atoms with van der Waals surface area (Å²) in [6, 6.07) is -0.698. The maximum Gasteiger partial charge on any atom is 0.246 e. The topological polar surface area (TPSA) is 49.4 Å². The lowest BCUT2D eigenvalue weighted by Crippen LogP contribution is -2.66. The number of amides is 2. The molecule has 122 valence electrons. The van der Waals surface area contributed by atoms with Gasteiger partial charge in [0.05, 0.1) is 0 Å². The fourth-order valence-corrected chi connectivity index (χ4v) is 3.22. The molecule has 0 aliphatic carbocycles. The molecule has 0 saturated carbocycles. The molecule has 2 atom stereocenters. The molecule has 0 aromatic heterocycles. The second kappa shape index (κ2) is 8.06. The van der Waals surface area contributed by atoms with Gasteiger partial charge in [-0.15, -0.1) is 0 Å². The fourth-order valence-electron chi connectivity index (χ4n) is 2.73. The molecule has 0 radical (unpaired) electrons. The van der Waals surface area contributed by atoms with Gasteiger partial charge in [0.15, 0.2) is 0 Å². The third-order valence-electron chi connectivity index (χ3n) is 4.00. The van der Waals surface area contributed by atoms with E-state index in [-0.39, 0.29) is 23.3 Å². The van der Waals surface area contributed by atoms with Crippen LogP contribution in [0.4, 0.5) is 0 Å². The molecular formula is C16H30N2O2S. The first-order valence-electron chi connectivity index (χ1n) is 7.92. The number of piperazine rings is 1. The van der Waals surface area contributed by atoms with E-state index in [2.05, 4.69) is 11.6 Å². The molecule has 1 aliphatic heterocycles. The molecule has 21 heavy (non-hydrogen) atoms. The quantitative estimate of drug-likeness (QED) is 0.735. The van der Waals surface area contributed by atoms with Crippen LogP contribution in [0.25, 0.3) is 0 Å². The van der Waals surface area contributed by atoms with Crippen LogP contribution in [-0.4, -0.2) is 47.4 Å². The van der Waals surface area contributed by atoms with Gasteiger partial charge in [0.25, 0.3) is 0 Å². The summed E-state index contributed by atoms with van der Waals surface area (Å²) in [5.74, 6) is 1.25. The van der Waals surface area contributed by atoms with Crippen molar-refractivity contribution in [2.45, 2.75) is 65.5 Å². The van der Waals surface area contributed by atoms with E-state index in [0.717, 1.165) is 18.6 Å². The predicted octanol–water partition coefficient (Wildman–Crippen LogP) is 2.67. The Balaban J connectivity index is 2.70. The van der Waals surface area contributed by atoms with Crippen LogP contribution < -0.4 is 5.32 Å². The van der Waals surface area contributed by atoms with E-state index < -0.39 is 6.04 Å². The van der Waals surface area contributed by atoms with Crippen LogP contribution in [0.5, 0.6) is 0 Å². The highest BCUT2D eigenvalue weighted by molar-refractivity contribution is 7.98. The molecule has 0 bridgehead atoms. The summed E-state index contributed by atoms with van der Waals surface area (Å²) in [4.78, 5) is 26.8. The number of nitrogens with one attached hydrogen (secondary N) is 1. The number of rotatable bonds is 7. The minimum Gasteiger partial charge on any atom is -0.342 e. The van der Waals surface area contributed by atoms with Crippen molar-refractivity contribution >= 4 is 23.6 Å². The minimum atomic E-state index is -0.404. The van der Waals surface area contributed by atoms with Crippen molar-refractivity contribution in [1.29, 1.82) is 0 Å². The molecule has 4 nitrogen and oxygen atoms in total. The Morgan fingerprint density at radius 1 is 1.19 bits per heavy atom. The maximum absolute atomic E-state index is 12.7. The number of carbonyl (C=O) groups excluding carboxylic acids is 2. The summed E-state index contributed by atoms with van der Waals surface area (Å²) >= 11 is 1.85. The molecule has 0 aromatic carbocycles. The van der Waals surface area contributed by atoms with Crippen molar-refractivity contribution in [3.63, 3.8) is 0 Å². The number of thioether (sulfide) groups is 1. The van der Waals surface area contributed by atoms with Crippen LogP contribution in [-0.2, 0) is 9.59 Å². The van der Waals surface area contributed by atoms with Crippen molar-refractivity contribution in [2.24, 2.45) is 5.41 Å². The van der Waals surface area contributed by atoms with Crippen LogP contribution in [0.2, 0.25) is 0 Å². The first-order chi connectivity index (χ1) is 9.82. The average Bonchev–Trinajstić information content (AvgIpc) is 2.40. The normalized spacial score (nSPS) is 23.4. The van der Waals surface area contributed by atoms with E-state index in [1.807, 2.05) is 44.4 Å². The molecule has 1 rings (SSSR count). The number of unbranched alkanes of at least 4 members (excludes halogenated alkanes) is 2. The SMILES string of the molecule is CCC1C(=O)NC(C(C)(C)C)C(=O)N1CCCCCSC. The zero-order chi connectivity index (χ0) is 16.0. The Hall–Kier alpha value is -0.710. The molecule has 0 spiro atoms. The Bertz CT molecular complexity index is 366. The van der Waals surface area contributed by atoms with Crippen molar-refractivity contribution in [1.82, 2.24) is 10.2 Å². The summed E-state index contributed by atoms with van der Waals surface area (Å²) in [7, 11) is 0. The first kappa shape index (κ1) is 18.3. The molecule has 1 N–H and O–H groups in total. The van der Waals surface area contributed by atoms with Crippen LogP contribution in [0.15, 0.2) is 0 Å². The maximum atomic E-state index is 12.7. The van der Waals surface area contributed by atoms with E-state index in [9.17, 15) is 9.59 Å². The summed E-state index contributed by atoms with van der Waals surface area (Å²) in [6.45, 7) is 8.66. The second-order valence-electron chi connectivity index (χ2n) is 6.82. The third kappa shape index (κ3) is 4.90. The number of hydrogen-bond acceptors (Lipinski definition) is 3. The van der Waals surface area contributed by atoms with E-state index in [0.29, 0.717) is 13.0 Å². The van der Waals surface area contributed by atoms with Gasteiger partial charge in [-0.3, -0.25) is 9.59 Å². The van der Waals surface area contributed by atoms with E-state index in [1.54, 1.807) is 0 Å². The van der Waals surface area contributed by atoms with Gasteiger partial charge in [-0.05, 0) is 36.7 Å². The van der Waals surface area contributed by atoms with Gasteiger partial charge in [-0.1, -0.05) is 34.1 Å². The standard InChI is InChI=1S/C16H30N2O2S/c1-6-12-14(19)17-13(16(2,3)4)15(20)18(12)10-8-7-9-11-21-5/h12-13H,6-11H2,1-5H3,(H,17,19). The van der Waals surface area contributed by atoms with Crippen LogP contribution in [0, 0.1) is 5.41 Å². The molecule has 0 aromatic rings. The van der Waals surface area contributed by atoms with E-state index >= 15 is 0 Å². The van der Waals surface area contributed by atoms with Crippen molar-refractivity contribution < 1.29 is 9.59 Å². The monoisotopic (exact) mass is 314 g/mol. The molecule has 2 amide bonds. The lowest BCUT2D eigenvalue weighted by Gasteiger charge is -2.43. The number of carbonyl (C=O) groups is 2. The molecule has 1 heterocycles. The molecule has 1 aliphatic rings. The van der Waals surface area contributed by atoms with Crippen LogP contribution >= 0.6 is 11.8 Å². The lowest BCUT2D eigenvalue weighted by molar-refractivity contribution is -0.152. The largest absolute Gasteiger partial charge is 0.342 e. The van der Waals surface area contributed by atoms with Gasteiger partial charge < -0.3 is 10.2 Å². The third-order valence-corrected chi connectivity index (χ3v) is 4.69. The summed E-state index contributed by atoms with van der Waals surface area (Å²) in [5, 5.41) is 2.91. The smallest absolute Gasteiger partial charge is 0.246 e. The summed E-state index contributed by atoms with van der Waals surface area (Å²) < 4.78 is 0. The Labute approximate surface area is 133 Å². The fraction of sp³-hybridized carbons (Fsp3) is 0.875. The minimum absolute atomic E-state index is 0.00105. The summed E-state index contributed by atoms with van der Waals surface area (Å²) in [5.41, 5.74) is -0.247. The van der Waals surface area contributed by atoms with Gasteiger partial charge >= 0.3 is 0 Å². The molecule has 2 unspecified atom stereocenters. The molecule has 5 heteroatoms. The highest BCUT2D eigenvalue weighted by atomic mass is 32.2. The zero-order valence-corrected chi connectivity index (χ0v) is 14.9. The zero-order valence-electron chi connectivity index (χ0n) is 14.1. The van der Waals surface area contributed by atoms with Gasteiger partial charge in [-0.2, -0.15) is 11.8 Å². The van der Waals surface area contributed by atoms with E-state index in [1.165, 1.54) is 6.42 Å². The lowest BCUT2D eigenvalue weighted by atomic mass is 9.83. The highest BCUT2D eigenvalue weighted by Crippen LogP contribution is 2.26. The van der Waals surface area contributed by atoms with Crippen molar-refractivity contribution in [3.05, 3.63) is 0 Å². The Morgan fingerprint density at radius 3 is 2.38 bits per heavy atom. The first-order valence-corrected chi connectivity index (χ1v) is 9.32. The van der Waals surface area contributed by atoms with Crippen molar-refractivity contribution in [3.8, 4) is 0 Å². The van der Waals surface area contributed by atoms with Gasteiger partial charge in [-0.25, -0.2) is 0 Å². The van der Waals surface area contributed by atoms with Crippen molar-refractivity contribution in [2.75, 3.05) is 18.6 Å². The van der Waals surface area contributed by atoms with Gasteiger partial charge in [0.2, 0.25) is 11.8 Å². The average molecular weight is 314 g/mol. The Kier molecular flexibility index (Phi) is 7.04. The van der Waals surface area contributed by atoms with Gasteiger partial charge in [0, 0.05) is 6.54 Å². The predicted molar refractivity (Wildman–Crippen MR) is 89.4 cm³/mol. The van der Waals surface area contributed by atoms with Gasteiger partial charge in [0.1, 0.15) is 12.1 Å². The second-order valence-corrected chi connectivity index (χ2v) is 7.80. The highest BCUT2D eigenvalue weighted by Gasteiger charge is 2.44. The summed E-state index contributed by atoms with van der Waals surface area (Å²) in [6.07, 6.45) is 6.06. The molecule has 1 fully saturated rings. The van der Waals surface area contributed by atoms with Crippen LogP contribution in [0.1, 0.15) is 53.4 Å². The Morgan fingerprint density at radius 2 is 1.86 bits per heavy atom. The molecular weight excluding hydrogens is 284 g/mol. The number of hydrogen-bond donors (Lipinski definition) is 1.